The molecule has 1 aromatic rings. The van der Waals surface area contributed by atoms with Gasteiger partial charge >= 0.3 is 0 Å². The van der Waals surface area contributed by atoms with Crippen LogP contribution in [0.5, 0.6) is 0 Å². The normalized spacial score (nSPS) is 19.0. The van der Waals surface area contributed by atoms with Gasteiger partial charge in [-0.2, -0.15) is 0 Å². The molecule has 136 valence electrons. The fourth-order valence-corrected chi connectivity index (χ4v) is 4.10. The predicted molar refractivity (Wildman–Crippen MR) is 105 cm³/mol. The van der Waals surface area contributed by atoms with Crippen molar-refractivity contribution in [1.82, 2.24) is 15.5 Å². The highest BCUT2D eigenvalue weighted by Gasteiger charge is 2.45. The molecule has 1 amide bonds. The third kappa shape index (κ3) is 4.54. The van der Waals surface area contributed by atoms with E-state index in [4.69, 9.17) is 0 Å². The van der Waals surface area contributed by atoms with E-state index < -0.39 is 0 Å². The molecule has 0 radical (unpaired) electrons. The van der Waals surface area contributed by atoms with Gasteiger partial charge in [0.15, 0.2) is 5.96 Å². The smallest absolute Gasteiger partial charge is 0.244 e. The first-order valence-electron chi connectivity index (χ1n) is 9.19. The number of likely N-dealkylation sites (tertiary alicyclic amines) is 1. The minimum absolute atomic E-state index is 0.127. The standard InChI is InChI=1S/C19H27BrN4O/c1-2-21-18(22-13-17(25)24-11-5-6-12-24)23-14-19(9-10-19)15-7-3-4-8-16(15)20/h3-4,7-8H,2,5-6,9-14H2,1H3,(H2,21,22,23). The number of aliphatic imine (C=N–C) groups is 1. The third-order valence-corrected chi connectivity index (χ3v) is 5.76. The summed E-state index contributed by atoms with van der Waals surface area (Å²) in [5.41, 5.74) is 1.53. The Morgan fingerprint density at radius 3 is 2.60 bits per heavy atom. The molecule has 1 heterocycles. The largest absolute Gasteiger partial charge is 0.357 e. The quantitative estimate of drug-likeness (QED) is 0.563. The summed E-state index contributed by atoms with van der Waals surface area (Å²) in [5.74, 6) is 0.856. The molecule has 0 bridgehead atoms. The van der Waals surface area contributed by atoms with Crippen molar-refractivity contribution in [2.75, 3.05) is 32.7 Å². The molecule has 0 unspecified atom stereocenters. The van der Waals surface area contributed by atoms with E-state index in [0.717, 1.165) is 45.0 Å². The Hall–Kier alpha value is -1.56. The summed E-state index contributed by atoms with van der Waals surface area (Å²) in [5, 5.41) is 6.69. The van der Waals surface area contributed by atoms with Gasteiger partial charge in [-0.25, -0.2) is 4.99 Å². The Morgan fingerprint density at radius 2 is 1.96 bits per heavy atom. The van der Waals surface area contributed by atoms with E-state index in [9.17, 15) is 4.79 Å². The van der Waals surface area contributed by atoms with E-state index >= 15 is 0 Å². The maximum atomic E-state index is 12.2. The molecule has 6 heteroatoms. The zero-order valence-electron chi connectivity index (χ0n) is 14.9. The first kappa shape index (κ1) is 18.2. The Labute approximate surface area is 158 Å². The summed E-state index contributed by atoms with van der Waals surface area (Å²) in [7, 11) is 0. The van der Waals surface area contributed by atoms with Crippen LogP contribution in [-0.4, -0.2) is 49.5 Å². The van der Waals surface area contributed by atoms with Crippen molar-refractivity contribution >= 4 is 27.8 Å². The molecule has 0 atom stereocenters. The average molecular weight is 407 g/mol. The van der Waals surface area contributed by atoms with E-state index in [1.807, 2.05) is 17.9 Å². The summed E-state index contributed by atoms with van der Waals surface area (Å²) >= 11 is 3.67. The maximum absolute atomic E-state index is 12.2. The number of carbonyl (C=O) groups excluding carboxylic acids is 1. The van der Waals surface area contributed by atoms with Crippen molar-refractivity contribution < 1.29 is 4.79 Å². The molecule has 3 rings (SSSR count). The summed E-state index contributed by atoms with van der Waals surface area (Å²) in [6.07, 6.45) is 4.58. The molecule has 0 spiro atoms. The van der Waals surface area contributed by atoms with E-state index in [2.05, 4.69) is 49.8 Å². The van der Waals surface area contributed by atoms with Crippen molar-refractivity contribution in [2.45, 2.75) is 38.0 Å². The molecule has 1 aliphatic heterocycles. The Balaban J connectivity index is 1.59. The monoisotopic (exact) mass is 406 g/mol. The molecule has 1 aromatic carbocycles. The number of amides is 1. The Bertz CT molecular complexity index is 636. The second-order valence-corrected chi connectivity index (χ2v) is 7.75. The average Bonchev–Trinajstić information content (AvgIpc) is 3.19. The highest BCUT2D eigenvalue weighted by molar-refractivity contribution is 9.10. The summed E-state index contributed by atoms with van der Waals surface area (Å²) in [6.45, 7) is 5.63. The van der Waals surface area contributed by atoms with Crippen molar-refractivity contribution in [1.29, 1.82) is 0 Å². The van der Waals surface area contributed by atoms with E-state index in [1.165, 1.54) is 22.9 Å². The number of hydrogen-bond donors (Lipinski definition) is 2. The number of rotatable bonds is 6. The minimum Gasteiger partial charge on any atom is -0.357 e. The van der Waals surface area contributed by atoms with Crippen LogP contribution in [0.4, 0.5) is 0 Å². The van der Waals surface area contributed by atoms with E-state index in [0.29, 0.717) is 0 Å². The summed E-state index contributed by atoms with van der Waals surface area (Å²) in [6, 6.07) is 8.43. The van der Waals surface area contributed by atoms with Gasteiger partial charge in [-0.05, 0) is 44.2 Å². The van der Waals surface area contributed by atoms with Crippen LogP contribution in [0.2, 0.25) is 0 Å². The lowest BCUT2D eigenvalue weighted by molar-refractivity contribution is -0.128. The first-order valence-corrected chi connectivity index (χ1v) is 9.99. The highest BCUT2D eigenvalue weighted by Crippen LogP contribution is 2.49. The van der Waals surface area contributed by atoms with Crippen molar-refractivity contribution in [3.8, 4) is 0 Å². The highest BCUT2D eigenvalue weighted by atomic mass is 79.9. The Morgan fingerprint density at radius 1 is 1.24 bits per heavy atom. The van der Waals surface area contributed by atoms with E-state index in [-0.39, 0.29) is 17.9 Å². The zero-order valence-corrected chi connectivity index (χ0v) is 16.4. The second-order valence-electron chi connectivity index (χ2n) is 6.90. The number of hydrogen-bond acceptors (Lipinski definition) is 2. The molecular formula is C19H27BrN4O. The topological polar surface area (TPSA) is 56.7 Å². The van der Waals surface area contributed by atoms with Crippen LogP contribution in [0.15, 0.2) is 33.7 Å². The molecule has 25 heavy (non-hydrogen) atoms. The lowest BCUT2D eigenvalue weighted by Crippen LogP contribution is -2.42. The van der Waals surface area contributed by atoms with Gasteiger partial charge in [0.1, 0.15) is 6.54 Å². The van der Waals surface area contributed by atoms with Crippen molar-refractivity contribution in [2.24, 2.45) is 4.99 Å². The molecule has 2 N–H and O–H groups in total. The van der Waals surface area contributed by atoms with Gasteiger partial charge in [0.05, 0.1) is 0 Å². The number of guanidine groups is 1. The third-order valence-electron chi connectivity index (χ3n) is 5.07. The van der Waals surface area contributed by atoms with Gasteiger partial charge in [-0.3, -0.25) is 4.79 Å². The molecule has 5 nitrogen and oxygen atoms in total. The van der Waals surface area contributed by atoms with Gasteiger partial charge in [0.2, 0.25) is 5.91 Å². The SMILES string of the molecule is CCNC(=NCC(=O)N1CCCC1)NCC1(c2ccccc2Br)CC1. The minimum atomic E-state index is 0.127. The fourth-order valence-electron chi connectivity index (χ4n) is 3.39. The molecule has 1 saturated carbocycles. The van der Waals surface area contributed by atoms with E-state index in [1.54, 1.807) is 0 Å². The first-order chi connectivity index (χ1) is 12.1. The van der Waals surface area contributed by atoms with Gasteiger partial charge in [0.25, 0.3) is 0 Å². The second kappa shape index (κ2) is 8.21. The number of halogens is 1. The molecule has 1 saturated heterocycles. The van der Waals surface area contributed by atoms with Crippen LogP contribution in [0.25, 0.3) is 0 Å². The zero-order chi connectivity index (χ0) is 17.7. The van der Waals surface area contributed by atoms with Gasteiger partial charge in [-0.1, -0.05) is 34.1 Å². The number of benzene rings is 1. The summed E-state index contributed by atoms with van der Waals surface area (Å²) < 4.78 is 1.17. The molecular weight excluding hydrogens is 380 g/mol. The van der Waals surface area contributed by atoms with Gasteiger partial charge < -0.3 is 15.5 Å². The Kier molecular flexibility index (Phi) is 5.99. The lowest BCUT2D eigenvalue weighted by atomic mass is 9.96. The predicted octanol–water partition coefficient (Wildman–Crippen LogP) is 2.66. The van der Waals surface area contributed by atoms with Gasteiger partial charge in [0, 0.05) is 36.1 Å². The summed E-state index contributed by atoms with van der Waals surface area (Å²) in [4.78, 5) is 18.6. The molecule has 1 aliphatic carbocycles. The van der Waals surface area contributed by atoms with Crippen LogP contribution in [-0.2, 0) is 10.2 Å². The van der Waals surface area contributed by atoms with Crippen LogP contribution in [0.1, 0.15) is 38.2 Å². The maximum Gasteiger partial charge on any atom is 0.244 e. The van der Waals surface area contributed by atoms with Crippen molar-refractivity contribution in [3.05, 3.63) is 34.3 Å². The lowest BCUT2D eigenvalue weighted by Gasteiger charge is -2.20. The van der Waals surface area contributed by atoms with Crippen LogP contribution < -0.4 is 10.6 Å². The number of carbonyl (C=O) groups is 1. The van der Waals surface area contributed by atoms with Gasteiger partial charge in [-0.15, -0.1) is 0 Å². The van der Waals surface area contributed by atoms with Crippen molar-refractivity contribution in [3.63, 3.8) is 0 Å². The fraction of sp³-hybridized carbons (Fsp3) is 0.579. The van der Waals surface area contributed by atoms with Crippen LogP contribution in [0, 0.1) is 0 Å². The number of nitrogens with one attached hydrogen (secondary N) is 2. The van der Waals surface area contributed by atoms with Crippen LogP contribution in [0.3, 0.4) is 0 Å². The molecule has 2 fully saturated rings. The number of nitrogens with zero attached hydrogens (tertiary/aromatic N) is 2. The molecule has 2 aliphatic rings. The molecule has 0 aromatic heterocycles. The van der Waals surface area contributed by atoms with Crippen LogP contribution >= 0.6 is 15.9 Å².